The molecule has 2 heterocycles. The molecule has 1 aliphatic rings. The van der Waals surface area contributed by atoms with E-state index in [0.29, 0.717) is 11.7 Å². The van der Waals surface area contributed by atoms with Gasteiger partial charge in [0.1, 0.15) is 0 Å². The molecule has 1 aliphatic heterocycles. The standard InChI is InChI=1S/C18H25FN4OS/c1-24-18-12-16-14(11-15(18)19)17(3-7-22-16)23-8-4-13(5-9-23)6-10-25(2,20)21/h3,7,11-13,20-21H,4-6,8-10H2,1-2H3. The van der Waals surface area contributed by atoms with Crippen LogP contribution in [0, 0.1) is 21.3 Å². The van der Waals surface area contributed by atoms with Crippen LogP contribution < -0.4 is 9.64 Å². The predicted molar refractivity (Wildman–Crippen MR) is 101 cm³/mol. The number of hydrogen-bond acceptors (Lipinski definition) is 5. The molecule has 0 spiro atoms. The number of nitrogens with one attached hydrogen (secondary N) is 2. The first kappa shape index (κ1) is 17.9. The molecule has 1 aromatic heterocycles. The summed E-state index contributed by atoms with van der Waals surface area (Å²) in [5, 5.41) is 0.814. The zero-order valence-electron chi connectivity index (χ0n) is 14.7. The fraction of sp³-hybridized carbons (Fsp3) is 0.500. The number of pyridine rings is 1. The number of fused-ring (bicyclic) bond motifs is 1. The van der Waals surface area contributed by atoms with Crippen molar-refractivity contribution in [1.82, 2.24) is 4.98 Å². The monoisotopic (exact) mass is 364 g/mol. The molecular weight excluding hydrogens is 339 g/mol. The van der Waals surface area contributed by atoms with Crippen molar-refractivity contribution in [2.75, 3.05) is 37.1 Å². The van der Waals surface area contributed by atoms with E-state index >= 15 is 0 Å². The molecule has 2 aromatic rings. The van der Waals surface area contributed by atoms with Gasteiger partial charge in [0.15, 0.2) is 11.6 Å². The molecule has 0 bridgehead atoms. The maximum atomic E-state index is 14.1. The van der Waals surface area contributed by atoms with Crippen LogP contribution in [-0.2, 0) is 9.62 Å². The van der Waals surface area contributed by atoms with E-state index in [4.69, 9.17) is 14.3 Å². The van der Waals surface area contributed by atoms with Crippen LogP contribution in [0.5, 0.6) is 5.75 Å². The molecule has 3 rings (SSSR count). The number of anilines is 1. The summed E-state index contributed by atoms with van der Waals surface area (Å²) in [6.07, 6.45) is 6.57. The zero-order chi connectivity index (χ0) is 18.0. The number of ether oxygens (including phenoxy) is 1. The molecule has 136 valence electrons. The lowest BCUT2D eigenvalue weighted by molar-refractivity contribution is 0.387. The second-order valence-corrected chi connectivity index (χ2v) is 9.43. The average molecular weight is 364 g/mol. The Bertz CT molecular complexity index is 861. The van der Waals surface area contributed by atoms with Crippen molar-refractivity contribution in [2.45, 2.75) is 19.3 Å². The molecule has 1 saturated heterocycles. The van der Waals surface area contributed by atoms with Gasteiger partial charge >= 0.3 is 0 Å². The van der Waals surface area contributed by atoms with Crippen molar-refractivity contribution in [3.05, 3.63) is 30.2 Å². The number of rotatable bonds is 5. The highest BCUT2D eigenvalue weighted by atomic mass is 32.2. The van der Waals surface area contributed by atoms with Crippen molar-refractivity contribution in [2.24, 2.45) is 5.92 Å². The Balaban J connectivity index is 1.76. The Hall–Kier alpha value is -1.89. The smallest absolute Gasteiger partial charge is 0.165 e. The Kier molecular flexibility index (Phi) is 5.13. The molecule has 0 atom stereocenters. The third kappa shape index (κ3) is 4.21. The molecular formula is C18H25FN4OS. The van der Waals surface area contributed by atoms with E-state index in [9.17, 15) is 4.39 Å². The summed E-state index contributed by atoms with van der Waals surface area (Å²) >= 11 is 0. The fourth-order valence-electron chi connectivity index (χ4n) is 3.43. The number of benzene rings is 1. The average Bonchev–Trinajstić information content (AvgIpc) is 2.59. The number of nitrogens with zero attached hydrogens (tertiary/aromatic N) is 2. The molecule has 7 heteroatoms. The number of methoxy groups -OCH3 is 1. The predicted octanol–water partition coefficient (Wildman–Crippen LogP) is 4.30. The van der Waals surface area contributed by atoms with Gasteiger partial charge in [-0.15, -0.1) is 0 Å². The van der Waals surface area contributed by atoms with Crippen LogP contribution in [0.4, 0.5) is 10.1 Å². The molecule has 0 radical (unpaired) electrons. The topological polar surface area (TPSA) is 73.1 Å². The number of aromatic nitrogens is 1. The molecule has 0 saturated carbocycles. The summed E-state index contributed by atoms with van der Waals surface area (Å²) in [5.74, 6) is 1.13. The number of hydrogen-bond donors (Lipinski definition) is 2. The summed E-state index contributed by atoms with van der Waals surface area (Å²) in [6, 6.07) is 5.11. The number of piperidine rings is 1. The Labute approximate surface area is 148 Å². The van der Waals surface area contributed by atoms with E-state index in [1.54, 1.807) is 18.5 Å². The minimum atomic E-state index is -1.90. The molecule has 0 aliphatic carbocycles. The second-order valence-electron chi connectivity index (χ2n) is 6.84. The highest BCUT2D eigenvalue weighted by molar-refractivity contribution is 7.92. The van der Waals surface area contributed by atoms with E-state index in [2.05, 4.69) is 9.88 Å². The van der Waals surface area contributed by atoms with Crippen molar-refractivity contribution in [3.8, 4) is 5.75 Å². The lowest BCUT2D eigenvalue weighted by Gasteiger charge is -2.34. The third-order valence-electron chi connectivity index (χ3n) is 4.88. The van der Waals surface area contributed by atoms with Gasteiger partial charge in [-0.1, -0.05) is 9.62 Å². The first-order chi connectivity index (χ1) is 11.9. The largest absolute Gasteiger partial charge is 0.494 e. The first-order valence-electron chi connectivity index (χ1n) is 8.50. The van der Waals surface area contributed by atoms with Gasteiger partial charge < -0.3 is 9.64 Å². The lowest BCUT2D eigenvalue weighted by atomic mass is 9.94. The second kappa shape index (κ2) is 7.15. The van der Waals surface area contributed by atoms with Crippen LogP contribution in [0.15, 0.2) is 24.4 Å². The molecule has 1 fully saturated rings. The summed E-state index contributed by atoms with van der Waals surface area (Å²) < 4.78 is 34.7. The Morgan fingerprint density at radius 3 is 2.68 bits per heavy atom. The Morgan fingerprint density at radius 1 is 1.32 bits per heavy atom. The molecule has 0 unspecified atom stereocenters. The first-order valence-corrected chi connectivity index (χ1v) is 10.7. The van der Waals surface area contributed by atoms with Gasteiger partial charge in [-0.3, -0.25) is 14.5 Å². The maximum Gasteiger partial charge on any atom is 0.165 e. The molecule has 25 heavy (non-hydrogen) atoms. The van der Waals surface area contributed by atoms with Crippen molar-refractivity contribution >= 4 is 26.2 Å². The van der Waals surface area contributed by atoms with Crippen molar-refractivity contribution in [1.29, 1.82) is 9.56 Å². The Morgan fingerprint density at radius 2 is 2.04 bits per heavy atom. The van der Waals surface area contributed by atoms with Crippen molar-refractivity contribution < 1.29 is 9.13 Å². The maximum absolute atomic E-state index is 14.1. The van der Waals surface area contributed by atoms with Crippen molar-refractivity contribution in [3.63, 3.8) is 0 Å². The summed E-state index contributed by atoms with van der Waals surface area (Å²) in [6.45, 7) is 1.83. The van der Waals surface area contributed by atoms with Gasteiger partial charge in [0.05, 0.1) is 12.6 Å². The van der Waals surface area contributed by atoms with Crippen LogP contribution in [0.1, 0.15) is 19.3 Å². The molecule has 5 nitrogen and oxygen atoms in total. The molecule has 0 amide bonds. The molecule has 2 N–H and O–H groups in total. The van der Waals surface area contributed by atoms with Gasteiger partial charge in [0, 0.05) is 48.4 Å². The van der Waals surface area contributed by atoms with E-state index in [1.807, 2.05) is 6.07 Å². The van der Waals surface area contributed by atoms with Crippen LogP contribution in [-0.4, -0.2) is 37.2 Å². The van der Waals surface area contributed by atoms with Gasteiger partial charge in [-0.05, 0) is 37.3 Å². The lowest BCUT2D eigenvalue weighted by Crippen LogP contribution is -2.34. The SMILES string of the molecule is COc1cc2nccc(N3CCC(CCS(C)(=N)=N)CC3)c2cc1F. The summed E-state index contributed by atoms with van der Waals surface area (Å²) in [4.78, 5) is 6.64. The van der Waals surface area contributed by atoms with Gasteiger partial charge in [-0.25, -0.2) is 4.39 Å². The highest BCUT2D eigenvalue weighted by Gasteiger charge is 2.21. The van der Waals surface area contributed by atoms with Crippen LogP contribution in [0.3, 0.4) is 0 Å². The number of halogens is 1. The van der Waals surface area contributed by atoms with Crippen LogP contribution >= 0.6 is 0 Å². The van der Waals surface area contributed by atoms with E-state index in [0.717, 1.165) is 48.9 Å². The van der Waals surface area contributed by atoms with E-state index < -0.39 is 9.62 Å². The fourth-order valence-corrected chi connectivity index (χ4v) is 4.23. The quantitative estimate of drug-likeness (QED) is 0.831. The van der Waals surface area contributed by atoms with Gasteiger partial charge in [0.25, 0.3) is 0 Å². The van der Waals surface area contributed by atoms with Gasteiger partial charge in [-0.2, -0.15) is 0 Å². The zero-order valence-corrected chi connectivity index (χ0v) is 15.5. The third-order valence-corrected chi connectivity index (χ3v) is 5.93. The summed E-state index contributed by atoms with van der Waals surface area (Å²) in [5.41, 5.74) is 1.75. The normalized spacial score (nSPS) is 16.4. The van der Waals surface area contributed by atoms with Crippen LogP contribution in [0.2, 0.25) is 0 Å². The minimum absolute atomic E-state index is 0.215. The molecule has 1 aromatic carbocycles. The minimum Gasteiger partial charge on any atom is -0.494 e. The van der Waals surface area contributed by atoms with E-state index in [-0.39, 0.29) is 11.6 Å². The van der Waals surface area contributed by atoms with Crippen LogP contribution in [0.25, 0.3) is 10.9 Å². The summed E-state index contributed by atoms with van der Waals surface area (Å²) in [7, 11) is -0.447. The van der Waals surface area contributed by atoms with Gasteiger partial charge in [0.2, 0.25) is 0 Å². The van der Waals surface area contributed by atoms with E-state index in [1.165, 1.54) is 13.2 Å². The highest BCUT2D eigenvalue weighted by Crippen LogP contribution is 2.33.